The van der Waals surface area contributed by atoms with Crippen molar-refractivity contribution in [1.29, 1.82) is 0 Å². The molecule has 30 heavy (non-hydrogen) atoms. The summed E-state index contributed by atoms with van der Waals surface area (Å²) in [5.74, 6) is 2.22. The van der Waals surface area contributed by atoms with Crippen molar-refractivity contribution in [3.05, 3.63) is 60.4 Å². The van der Waals surface area contributed by atoms with Crippen molar-refractivity contribution in [3.63, 3.8) is 0 Å². The SMILES string of the molecule is CN(C=O)c1cccc(Oc2ccc(NC(=O)Nc3cc(C(C)(C)C)on3)cc2)c1. The molecule has 0 aliphatic rings. The third-order valence-corrected chi connectivity index (χ3v) is 4.22. The van der Waals surface area contributed by atoms with E-state index in [9.17, 15) is 9.59 Å². The Morgan fingerprint density at radius 1 is 1.07 bits per heavy atom. The Hall–Kier alpha value is -3.81. The average Bonchev–Trinajstić information content (AvgIpc) is 3.18. The van der Waals surface area contributed by atoms with E-state index in [1.165, 1.54) is 4.90 Å². The highest BCUT2D eigenvalue weighted by Gasteiger charge is 2.20. The number of hydrogen-bond acceptors (Lipinski definition) is 5. The third-order valence-electron chi connectivity index (χ3n) is 4.22. The Morgan fingerprint density at radius 2 is 1.80 bits per heavy atom. The molecule has 8 nitrogen and oxygen atoms in total. The molecule has 3 aromatic rings. The minimum absolute atomic E-state index is 0.193. The second kappa shape index (κ2) is 8.69. The molecule has 0 fully saturated rings. The summed E-state index contributed by atoms with van der Waals surface area (Å²) in [7, 11) is 1.67. The van der Waals surface area contributed by atoms with Crippen LogP contribution in [0.5, 0.6) is 11.5 Å². The summed E-state index contributed by atoms with van der Waals surface area (Å²) in [6.07, 6.45) is 0.730. The molecule has 156 valence electrons. The lowest BCUT2D eigenvalue weighted by Crippen LogP contribution is -2.19. The normalized spacial score (nSPS) is 10.9. The second-order valence-electron chi connectivity index (χ2n) is 7.75. The van der Waals surface area contributed by atoms with Gasteiger partial charge in [-0.25, -0.2) is 4.79 Å². The summed E-state index contributed by atoms with van der Waals surface area (Å²) in [6, 6.07) is 15.4. The largest absolute Gasteiger partial charge is 0.457 e. The zero-order valence-corrected chi connectivity index (χ0v) is 17.3. The fraction of sp³-hybridized carbons (Fsp3) is 0.227. The Bertz CT molecular complexity index is 1020. The maximum atomic E-state index is 12.2. The van der Waals surface area contributed by atoms with Crippen LogP contribution < -0.4 is 20.3 Å². The van der Waals surface area contributed by atoms with Gasteiger partial charge in [0.1, 0.15) is 17.3 Å². The van der Waals surface area contributed by atoms with Gasteiger partial charge in [0.15, 0.2) is 5.82 Å². The molecule has 0 unspecified atom stereocenters. The number of nitrogens with one attached hydrogen (secondary N) is 2. The van der Waals surface area contributed by atoms with E-state index in [1.807, 2.05) is 26.8 Å². The van der Waals surface area contributed by atoms with Crippen molar-refractivity contribution in [2.24, 2.45) is 0 Å². The first-order chi connectivity index (χ1) is 14.2. The lowest BCUT2D eigenvalue weighted by Gasteiger charge is -2.13. The Kier molecular flexibility index (Phi) is 6.06. The smallest absolute Gasteiger partial charge is 0.324 e. The van der Waals surface area contributed by atoms with E-state index in [2.05, 4.69) is 15.8 Å². The highest BCUT2D eigenvalue weighted by Crippen LogP contribution is 2.27. The summed E-state index contributed by atoms with van der Waals surface area (Å²) in [5.41, 5.74) is 1.12. The minimum atomic E-state index is -0.429. The van der Waals surface area contributed by atoms with Gasteiger partial charge in [-0.05, 0) is 36.4 Å². The fourth-order valence-electron chi connectivity index (χ4n) is 2.54. The highest BCUT2D eigenvalue weighted by molar-refractivity contribution is 5.99. The van der Waals surface area contributed by atoms with Gasteiger partial charge in [0.25, 0.3) is 0 Å². The lowest BCUT2D eigenvalue weighted by atomic mass is 9.93. The van der Waals surface area contributed by atoms with E-state index in [4.69, 9.17) is 9.26 Å². The van der Waals surface area contributed by atoms with Crippen LogP contribution in [0.1, 0.15) is 26.5 Å². The van der Waals surface area contributed by atoms with Crippen LogP contribution in [-0.2, 0) is 10.2 Å². The summed E-state index contributed by atoms with van der Waals surface area (Å²) >= 11 is 0. The number of carbonyl (C=O) groups is 2. The summed E-state index contributed by atoms with van der Waals surface area (Å²) in [5, 5.41) is 9.23. The maximum Gasteiger partial charge on any atom is 0.324 e. The minimum Gasteiger partial charge on any atom is -0.457 e. The third kappa shape index (κ3) is 5.38. The molecule has 0 saturated heterocycles. The fourth-order valence-corrected chi connectivity index (χ4v) is 2.54. The van der Waals surface area contributed by atoms with E-state index < -0.39 is 6.03 Å². The van der Waals surface area contributed by atoms with Crippen molar-refractivity contribution in [2.75, 3.05) is 22.6 Å². The van der Waals surface area contributed by atoms with Gasteiger partial charge in [-0.1, -0.05) is 32.0 Å². The van der Waals surface area contributed by atoms with Crippen molar-refractivity contribution in [2.45, 2.75) is 26.2 Å². The molecule has 0 radical (unpaired) electrons. The number of benzene rings is 2. The summed E-state index contributed by atoms with van der Waals surface area (Å²) in [4.78, 5) is 24.5. The van der Waals surface area contributed by atoms with Crippen LogP contribution in [0, 0.1) is 0 Å². The zero-order chi connectivity index (χ0) is 21.7. The number of rotatable bonds is 6. The van der Waals surface area contributed by atoms with Crippen molar-refractivity contribution < 1.29 is 18.8 Å². The first-order valence-corrected chi connectivity index (χ1v) is 9.36. The van der Waals surface area contributed by atoms with E-state index >= 15 is 0 Å². The Labute approximate surface area is 174 Å². The quantitative estimate of drug-likeness (QED) is 0.560. The number of nitrogens with zero attached hydrogens (tertiary/aromatic N) is 2. The molecule has 1 heterocycles. The van der Waals surface area contributed by atoms with Crippen LogP contribution in [-0.4, -0.2) is 24.6 Å². The van der Waals surface area contributed by atoms with E-state index in [0.717, 1.165) is 12.1 Å². The number of hydrogen-bond donors (Lipinski definition) is 2. The number of ether oxygens (including phenoxy) is 1. The number of anilines is 3. The predicted molar refractivity (Wildman–Crippen MR) is 115 cm³/mol. The standard InChI is InChI=1S/C22H24N4O4/c1-22(2,3)19-13-20(25-30-19)24-21(28)23-15-8-10-17(11-9-15)29-18-7-5-6-16(12-18)26(4)14-27/h5-14H,1-4H3,(H2,23,24,25,28). The summed E-state index contributed by atoms with van der Waals surface area (Å²) in [6.45, 7) is 5.99. The van der Waals surface area contributed by atoms with Crippen LogP contribution in [0.2, 0.25) is 0 Å². The average molecular weight is 408 g/mol. The first-order valence-electron chi connectivity index (χ1n) is 9.36. The van der Waals surface area contributed by atoms with Crippen molar-refractivity contribution in [3.8, 4) is 11.5 Å². The van der Waals surface area contributed by atoms with Crippen molar-refractivity contribution >= 4 is 29.6 Å². The van der Waals surface area contributed by atoms with Gasteiger partial charge in [-0.3, -0.25) is 10.1 Å². The molecule has 3 rings (SSSR count). The lowest BCUT2D eigenvalue weighted by molar-refractivity contribution is -0.107. The molecule has 0 aliphatic heterocycles. The van der Waals surface area contributed by atoms with E-state index in [1.54, 1.807) is 55.6 Å². The van der Waals surface area contributed by atoms with Gasteiger partial charge in [0.2, 0.25) is 6.41 Å². The second-order valence-corrected chi connectivity index (χ2v) is 7.75. The van der Waals surface area contributed by atoms with Gasteiger partial charge < -0.3 is 19.5 Å². The van der Waals surface area contributed by atoms with E-state index in [-0.39, 0.29) is 5.41 Å². The monoisotopic (exact) mass is 408 g/mol. The molecular weight excluding hydrogens is 384 g/mol. The molecule has 0 saturated carbocycles. The van der Waals surface area contributed by atoms with Crippen LogP contribution in [0.15, 0.2) is 59.1 Å². The van der Waals surface area contributed by atoms with Gasteiger partial charge in [0.05, 0.1) is 0 Å². The van der Waals surface area contributed by atoms with Gasteiger partial charge >= 0.3 is 6.03 Å². The number of urea groups is 1. The number of amides is 3. The Balaban J connectivity index is 1.58. The first kappa shape index (κ1) is 20.9. The molecule has 0 spiro atoms. The molecule has 0 atom stereocenters. The van der Waals surface area contributed by atoms with E-state index in [0.29, 0.717) is 28.8 Å². The van der Waals surface area contributed by atoms with Crippen LogP contribution in [0.25, 0.3) is 0 Å². The molecular formula is C22H24N4O4. The molecule has 3 amide bonds. The molecule has 1 aromatic heterocycles. The molecule has 8 heteroatoms. The van der Waals surface area contributed by atoms with Crippen molar-refractivity contribution in [1.82, 2.24) is 5.16 Å². The predicted octanol–water partition coefficient (Wildman–Crippen LogP) is 5.00. The zero-order valence-electron chi connectivity index (χ0n) is 17.3. The molecule has 0 bridgehead atoms. The van der Waals surface area contributed by atoms with Crippen LogP contribution in [0.3, 0.4) is 0 Å². The maximum absolute atomic E-state index is 12.2. The van der Waals surface area contributed by atoms with Gasteiger partial charge in [0, 0.05) is 36.0 Å². The van der Waals surface area contributed by atoms with Gasteiger partial charge in [-0.15, -0.1) is 0 Å². The summed E-state index contributed by atoms with van der Waals surface area (Å²) < 4.78 is 11.1. The molecule has 2 aromatic carbocycles. The van der Waals surface area contributed by atoms with Crippen LogP contribution >= 0.6 is 0 Å². The number of aromatic nitrogens is 1. The topological polar surface area (TPSA) is 96.7 Å². The molecule has 2 N–H and O–H groups in total. The highest BCUT2D eigenvalue weighted by atomic mass is 16.5. The van der Waals surface area contributed by atoms with Crippen LogP contribution in [0.4, 0.5) is 22.0 Å². The Morgan fingerprint density at radius 3 is 2.43 bits per heavy atom. The number of carbonyl (C=O) groups excluding carboxylic acids is 2. The van der Waals surface area contributed by atoms with Gasteiger partial charge in [-0.2, -0.15) is 0 Å². The molecule has 0 aliphatic carbocycles.